The highest BCUT2D eigenvalue weighted by Crippen LogP contribution is 2.42. The van der Waals surface area contributed by atoms with E-state index in [1.807, 2.05) is 42.8 Å². The lowest BCUT2D eigenvalue weighted by molar-refractivity contribution is -0.131. The van der Waals surface area contributed by atoms with Crippen LogP contribution in [0.3, 0.4) is 0 Å². The quantitative estimate of drug-likeness (QED) is 0.464. The van der Waals surface area contributed by atoms with Crippen molar-refractivity contribution < 1.29 is 14.4 Å². The fourth-order valence-corrected chi connectivity index (χ4v) is 6.49. The number of aromatic nitrogens is 1. The van der Waals surface area contributed by atoms with Gasteiger partial charge in [-0.1, -0.05) is 6.07 Å². The number of thiophene rings is 2. The summed E-state index contributed by atoms with van der Waals surface area (Å²) in [5.41, 5.74) is 2.29. The average Bonchev–Trinajstić information content (AvgIpc) is 3.52. The normalized spacial score (nSPS) is 20.4. The molecular formula is C23H23N3O3S2. The largest absolute Gasteiger partial charge is 0.343 e. The number of Topliss-reactive ketones (excluding diaryl/α,β-unsaturated/α-hetero) is 1. The molecular weight excluding hydrogens is 430 g/mol. The van der Waals surface area contributed by atoms with Crippen LogP contribution in [0.15, 0.2) is 35.0 Å². The van der Waals surface area contributed by atoms with Gasteiger partial charge < -0.3 is 9.88 Å². The number of hydrogen-bond donors (Lipinski definition) is 1. The van der Waals surface area contributed by atoms with Crippen LogP contribution in [0.1, 0.15) is 49.9 Å². The zero-order valence-corrected chi connectivity index (χ0v) is 19.1. The van der Waals surface area contributed by atoms with Gasteiger partial charge in [0.05, 0.1) is 13.1 Å². The Kier molecular flexibility index (Phi) is 4.86. The standard InChI is InChI=1S/C23H23N3O3S2/c1-14-11-17(15(2)25(14)12-16-5-4-9-30-16)19(27)13-26-21(28)23(24-22(26)29)8-3-6-20-18(23)7-10-31-20/h4-5,7,9-11H,3,6,8,12-13H2,1-2H3,(H,24,29). The van der Waals surface area contributed by atoms with Crippen LogP contribution in [0.5, 0.6) is 0 Å². The number of imide groups is 1. The summed E-state index contributed by atoms with van der Waals surface area (Å²) in [6.07, 6.45) is 2.33. The van der Waals surface area contributed by atoms with Crippen molar-refractivity contribution >= 4 is 40.4 Å². The van der Waals surface area contributed by atoms with Crippen molar-refractivity contribution in [3.63, 3.8) is 0 Å². The molecule has 1 aliphatic carbocycles. The van der Waals surface area contributed by atoms with Gasteiger partial charge in [-0.2, -0.15) is 0 Å². The molecule has 5 rings (SSSR count). The minimum atomic E-state index is -1.01. The third-order valence-corrected chi connectivity index (χ3v) is 8.25. The van der Waals surface area contributed by atoms with Crippen LogP contribution in [0.2, 0.25) is 0 Å². The summed E-state index contributed by atoms with van der Waals surface area (Å²) >= 11 is 3.29. The van der Waals surface area contributed by atoms with E-state index in [9.17, 15) is 14.4 Å². The summed E-state index contributed by atoms with van der Waals surface area (Å²) < 4.78 is 2.10. The molecule has 3 amide bonds. The van der Waals surface area contributed by atoms with E-state index in [4.69, 9.17) is 0 Å². The first-order valence-corrected chi connectivity index (χ1v) is 12.1. The van der Waals surface area contributed by atoms with Crippen molar-refractivity contribution in [2.45, 2.75) is 45.2 Å². The van der Waals surface area contributed by atoms with Gasteiger partial charge in [-0.15, -0.1) is 22.7 Å². The SMILES string of the molecule is Cc1cc(C(=O)CN2C(=O)NC3(CCCc4sccc43)C2=O)c(C)n1Cc1cccs1. The number of fused-ring (bicyclic) bond motifs is 2. The molecule has 4 heterocycles. The molecule has 1 saturated heterocycles. The number of carbonyl (C=O) groups is 3. The molecule has 0 aromatic carbocycles. The third kappa shape index (κ3) is 3.16. The molecule has 3 aromatic rings. The Morgan fingerprint density at radius 2 is 2.03 bits per heavy atom. The number of nitrogens with one attached hydrogen (secondary N) is 1. The monoisotopic (exact) mass is 453 g/mol. The van der Waals surface area contributed by atoms with Gasteiger partial charge in [0.15, 0.2) is 5.78 Å². The average molecular weight is 454 g/mol. The van der Waals surface area contributed by atoms with Crippen LogP contribution in [-0.2, 0) is 23.3 Å². The first kappa shape index (κ1) is 20.2. The molecule has 8 heteroatoms. The summed E-state index contributed by atoms with van der Waals surface area (Å²) in [4.78, 5) is 42.8. The van der Waals surface area contributed by atoms with Crippen molar-refractivity contribution in [1.82, 2.24) is 14.8 Å². The zero-order valence-electron chi connectivity index (χ0n) is 17.4. The van der Waals surface area contributed by atoms with E-state index in [0.717, 1.165) is 39.6 Å². The van der Waals surface area contributed by atoms with E-state index in [2.05, 4.69) is 16.0 Å². The highest BCUT2D eigenvalue weighted by Gasteiger charge is 2.54. The molecule has 0 bridgehead atoms. The summed E-state index contributed by atoms with van der Waals surface area (Å²) in [6.45, 7) is 4.35. The number of nitrogens with zero attached hydrogens (tertiary/aromatic N) is 2. The second-order valence-corrected chi connectivity index (χ2v) is 10.2. The van der Waals surface area contributed by atoms with Gasteiger partial charge in [-0.3, -0.25) is 14.5 Å². The molecule has 31 heavy (non-hydrogen) atoms. The maximum atomic E-state index is 13.4. The van der Waals surface area contributed by atoms with E-state index in [0.29, 0.717) is 18.5 Å². The molecule has 0 saturated carbocycles. The van der Waals surface area contributed by atoms with E-state index < -0.39 is 11.6 Å². The minimum absolute atomic E-state index is 0.215. The summed E-state index contributed by atoms with van der Waals surface area (Å²) in [6, 6.07) is 7.39. The van der Waals surface area contributed by atoms with Crippen molar-refractivity contribution in [3.8, 4) is 0 Å². The molecule has 0 radical (unpaired) electrons. The van der Waals surface area contributed by atoms with Gasteiger partial charge in [-0.25, -0.2) is 4.79 Å². The molecule has 3 aromatic heterocycles. The van der Waals surface area contributed by atoms with Crippen molar-refractivity contribution in [2.24, 2.45) is 0 Å². The number of carbonyl (C=O) groups excluding carboxylic acids is 3. The highest BCUT2D eigenvalue weighted by molar-refractivity contribution is 7.10. The van der Waals surface area contributed by atoms with Crippen LogP contribution >= 0.6 is 22.7 Å². The number of urea groups is 1. The second-order valence-electron chi connectivity index (χ2n) is 8.21. The van der Waals surface area contributed by atoms with Crippen molar-refractivity contribution in [3.05, 3.63) is 67.3 Å². The van der Waals surface area contributed by atoms with E-state index in [1.165, 1.54) is 4.88 Å². The van der Waals surface area contributed by atoms with Gasteiger partial charge in [0.1, 0.15) is 5.54 Å². The summed E-state index contributed by atoms with van der Waals surface area (Å²) in [5, 5.41) is 6.92. The maximum absolute atomic E-state index is 13.4. The Labute approximate surface area is 188 Å². The van der Waals surface area contributed by atoms with Crippen LogP contribution in [-0.4, -0.2) is 33.7 Å². The molecule has 1 atom stereocenters. The Morgan fingerprint density at radius 3 is 2.81 bits per heavy atom. The Balaban J connectivity index is 1.39. The smallest absolute Gasteiger partial charge is 0.325 e. The van der Waals surface area contributed by atoms with Gasteiger partial charge in [-0.05, 0) is 62.1 Å². The lowest BCUT2D eigenvalue weighted by atomic mass is 9.80. The zero-order chi connectivity index (χ0) is 21.8. The second kappa shape index (κ2) is 7.46. The maximum Gasteiger partial charge on any atom is 0.325 e. The van der Waals surface area contributed by atoms with E-state index in [1.54, 1.807) is 22.7 Å². The highest BCUT2D eigenvalue weighted by atomic mass is 32.1. The fraction of sp³-hybridized carbons (Fsp3) is 0.348. The first-order chi connectivity index (χ1) is 14.9. The number of hydrogen-bond acceptors (Lipinski definition) is 5. The van der Waals surface area contributed by atoms with Crippen LogP contribution < -0.4 is 5.32 Å². The molecule has 160 valence electrons. The Morgan fingerprint density at radius 1 is 1.19 bits per heavy atom. The lowest BCUT2D eigenvalue weighted by Crippen LogP contribution is -2.46. The summed E-state index contributed by atoms with van der Waals surface area (Å²) in [7, 11) is 0. The summed E-state index contributed by atoms with van der Waals surface area (Å²) in [5.74, 6) is -0.523. The lowest BCUT2D eigenvalue weighted by Gasteiger charge is -2.31. The molecule has 1 N–H and O–H groups in total. The van der Waals surface area contributed by atoms with Crippen LogP contribution in [0.25, 0.3) is 0 Å². The van der Waals surface area contributed by atoms with Gasteiger partial charge in [0.25, 0.3) is 5.91 Å². The first-order valence-electron chi connectivity index (χ1n) is 10.3. The number of rotatable bonds is 5. The van der Waals surface area contributed by atoms with Gasteiger partial charge in [0, 0.05) is 32.3 Å². The topological polar surface area (TPSA) is 71.4 Å². The van der Waals surface area contributed by atoms with Crippen LogP contribution in [0, 0.1) is 13.8 Å². The molecule has 2 aliphatic rings. The molecule has 6 nitrogen and oxygen atoms in total. The predicted octanol–water partition coefficient (Wildman–Crippen LogP) is 4.24. The Bertz CT molecular complexity index is 1190. The molecule has 1 spiro atoms. The van der Waals surface area contributed by atoms with Gasteiger partial charge in [0.2, 0.25) is 0 Å². The third-order valence-electron chi connectivity index (χ3n) is 6.41. The Hall–Kier alpha value is -2.71. The predicted molar refractivity (Wildman–Crippen MR) is 121 cm³/mol. The number of ketones is 1. The van der Waals surface area contributed by atoms with E-state index >= 15 is 0 Å². The molecule has 1 fully saturated rings. The fourth-order valence-electron chi connectivity index (χ4n) is 4.80. The van der Waals surface area contributed by atoms with Crippen molar-refractivity contribution in [1.29, 1.82) is 0 Å². The van der Waals surface area contributed by atoms with Gasteiger partial charge >= 0.3 is 6.03 Å². The number of amides is 3. The van der Waals surface area contributed by atoms with Crippen LogP contribution in [0.4, 0.5) is 4.79 Å². The number of aryl methyl sites for hydroxylation is 2. The molecule has 1 unspecified atom stereocenters. The minimum Gasteiger partial charge on any atom is -0.343 e. The molecule has 1 aliphatic heterocycles. The van der Waals surface area contributed by atoms with Crippen molar-refractivity contribution in [2.75, 3.05) is 6.54 Å². The van der Waals surface area contributed by atoms with E-state index in [-0.39, 0.29) is 18.2 Å².